The molecule has 1 heterocycles. The molecular formula is C14H18BrClN2O3. The van der Waals surface area contributed by atoms with Crippen LogP contribution in [-0.4, -0.2) is 28.5 Å². The minimum Gasteiger partial charge on any atom is -0.481 e. The average molecular weight is 378 g/mol. The number of halogens is 2. The molecule has 1 rings (SSSR count). The molecule has 1 atom stereocenters. The predicted octanol–water partition coefficient (Wildman–Crippen LogP) is 3.51. The lowest BCUT2D eigenvalue weighted by molar-refractivity contribution is -0.137. The third-order valence-electron chi connectivity index (χ3n) is 3.23. The van der Waals surface area contributed by atoms with Crippen molar-refractivity contribution in [1.29, 1.82) is 0 Å². The number of carboxylic acids is 1. The van der Waals surface area contributed by atoms with Crippen LogP contribution in [0, 0.1) is 5.92 Å². The number of carbonyl (C=O) groups is 2. The monoisotopic (exact) mass is 376 g/mol. The van der Waals surface area contributed by atoms with E-state index in [1.807, 2.05) is 6.92 Å². The minimum absolute atomic E-state index is 0.161. The lowest BCUT2D eigenvalue weighted by atomic mass is 9.96. The smallest absolute Gasteiger partial charge is 0.303 e. The molecule has 2 N–H and O–H groups in total. The largest absolute Gasteiger partial charge is 0.481 e. The van der Waals surface area contributed by atoms with Crippen LogP contribution >= 0.6 is 27.5 Å². The van der Waals surface area contributed by atoms with Gasteiger partial charge in [0.15, 0.2) is 0 Å². The third-order valence-corrected chi connectivity index (χ3v) is 3.97. The zero-order valence-electron chi connectivity index (χ0n) is 11.7. The van der Waals surface area contributed by atoms with E-state index in [2.05, 4.69) is 26.2 Å². The van der Waals surface area contributed by atoms with Gasteiger partial charge in [-0.2, -0.15) is 0 Å². The Bertz CT molecular complexity index is 511. The Morgan fingerprint density at radius 3 is 2.81 bits per heavy atom. The van der Waals surface area contributed by atoms with E-state index in [9.17, 15) is 9.59 Å². The normalized spacial score (nSPS) is 12.0. The van der Waals surface area contributed by atoms with Crippen molar-refractivity contribution in [3.05, 3.63) is 27.5 Å². The molecule has 0 saturated carbocycles. The summed E-state index contributed by atoms with van der Waals surface area (Å²) in [4.78, 5) is 26.5. The molecule has 1 aromatic heterocycles. The third kappa shape index (κ3) is 6.44. The van der Waals surface area contributed by atoms with Gasteiger partial charge in [-0.3, -0.25) is 9.59 Å². The van der Waals surface area contributed by atoms with Crippen LogP contribution in [0.2, 0.25) is 5.15 Å². The molecule has 0 bridgehead atoms. The van der Waals surface area contributed by atoms with Crippen LogP contribution in [0.4, 0.5) is 0 Å². The van der Waals surface area contributed by atoms with Gasteiger partial charge >= 0.3 is 5.97 Å². The second kappa shape index (κ2) is 9.00. The molecule has 0 saturated heterocycles. The van der Waals surface area contributed by atoms with Crippen LogP contribution in [-0.2, 0) is 4.79 Å². The Morgan fingerprint density at radius 2 is 2.19 bits per heavy atom. The van der Waals surface area contributed by atoms with Crippen molar-refractivity contribution >= 4 is 39.4 Å². The van der Waals surface area contributed by atoms with E-state index in [-0.39, 0.29) is 23.4 Å². The molecule has 0 spiro atoms. The van der Waals surface area contributed by atoms with Crippen LogP contribution in [0.25, 0.3) is 0 Å². The summed E-state index contributed by atoms with van der Waals surface area (Å²) in [6, 6.07) is 1.62. The quantitative estimate of drug-likeness (QED) is 0.679. The van der Waals surface area contributed by atoms with Gasteiger partial charge in [0, 0.05) is 23.6 Å². The minimum atomic E-state index is -0.788. The SMILES string of the molecule is CCC(CCNC(=O)c1cc(Br)cnc1Cl)CCC(=O)O. The summed E-state index contributed by atoms with van der Waals surface area (Å²) in [5, 5.41) is 11.6. The fourth-order valence-corrected chi connectivity index (χ4v) is 2.47. The van der Waals surface area contributed by atoms with Gasteiger partial charge in [-0.25, -0.2) is 4.98 Å². The summed E-state index contributed by atoms with van der Waals surface area (Å²) in [5.41, 5.74) is 0.324. The summed E-state index contributed by atoms with van der Waals surface area (Å²) < 4.78 is 0.685. The predicted molar refractivity (Wildman–Crippen MR) is 84.5 cm³/mol. The number of pyridine rings is 1. The molecule has 116 valence electrons. The number of nitrogens with one attached hydrogen (secondary N) is 1. The molecule has 0 aromatic carbocycles. The van der Waals surface area contributed by atoms with Crippen LogP contribution in [0.5, 0.6) is 0 Å². The van der Waals surface area contributed by atoms with E-state index in [0.717, 1.165) is 12.8 Å². The van der Waals surface area contributed by atoms with Gasteiger partial charge in [0.25, 0.3) is 5.91 Å². The van der Waals surface area contributed by atoms with E-state index in [0.29, 0.717) is 23.0 Å². The maximum absolute atomic E-state index is 12.0. The molecule has 0 aliphatic carbocycles. The number of carbonyl (C=O) groups excluding carboxylic acids is 1. The van der Waals surface area contributed by atoms with Crippen molar-refractivity contribution in [1.82, 2.24) is 10.3 Å². The molecular weight excluding hydrogens is 360 g/mol. The van der Waals surface area contributed by atoms with Gasteiger partial charge < -0.3 is 10.4 Å². The highest BCUT2D eigenvalue weighted by atomic mass is 79.9. The highest BCUT2D eigenvalue weighted by Gasteiger charge is 2.13. The van der Waals surface area contributed by atoms with Gasteiger partial charge in [0.1, 0.15) is 5.15 Å². The van der Waals surface area contributed by atoms with Gasteiger partial charge in [-0.05, 0) is 40.8 Å². The summed E-state index contributed by atoms with van der Waals surface area (Å²) in [7, 11) is 0. The molecule has 7 heteroatoms. The number of nitrogens with zero attached hydrogens (tertiary/aromatic N) is 1. The van der Waals surface area contributed by atoms with Crippen molar-refractivity contribution in [3.8, 4) is 0 Å². The van der Waals surface area contributed by atoms with Crippen molar-refractivity contribution < 1.29 is 14.7 Å². The Kier molecular flexibility index (Phi) is 7.67. The second-order valence-electron chi connectivity index (χ2n) is 4.74. The zero-order chi connectivity index (χ0) is 15.8. The molecule has 1 aromatic rings. The summed E-state index contributed by atoms with van der Waals surface area (Å²) in [5.74, 6) is -0.774. The highest BCUT2D eigenvalue weighted by Crippen LogP contribution is 2.18. The van der Waals surface area contributed by atoms with E-state index in [4.69, 9.17) is 16.7 Å². The Labute approximate surface area is 137 Å². The average Bonchev–Trinajstić information content (AvgIpc) is 2.44. The molecule has 0 aliphatic rings. The standard InChI is InChI=1S/C14H18BrClN2O3/c1-2-9(3-4-12(19)20)5-6-17-14(21)11-7-10(15)8-18-13(11)16/h7-9H,2-6H2,1H3,(H,17,21)(H,19,20). The molecule has 1 amide bonds. The number of amides is 1. The summed E-state index contributed by atoms with van der Waals surface area (Å²) in [6.07, 6.45) is 3.95. The van der Waals surface area contributed by atoms with Crippen molar-refractivity contribution in [2.24, 2.45) is 5.92 Å². The van der Waals surface area contributed by atoms with Gasteiger partial charge in [-0.15, -0.1) is 0 Å². The molecule has 1 unspecified atom stereocenters. The maximum atomic E-state index is 12.0. The first-order chi connectivity index (χ1) is 9.93. The number of carboxylic acid groups (broad SMARTS) is 1. The molecule has 5 nitrogen and oxygen atoms in total. The lowest BCUT2D eigenvalue weighted by Gasteiger charge is -2.14. The first-order valence-corrected chi connectivity index (χ1v) is 7.92. The first-order valence-electron chi connectivity index (χ1n) is 6.75. The maximum Gasteiger partial charge on any atom is 0.303 e. The second-order valence-corrected chi connectivity index (χ2v) is 6.02. The van der Waals surface area contributed by atoms with E-state index in [1.54, 1.807) is 6.07 Å². The Hall–Kier alpha value is -1.14. The number of aromatic nitrogens is 1. The summed E-state index contributed by atoms with van der Waals surface area (Å²) in [6.45, 7) is 2.50. The Morgan fingerprint density at radius 1 is 1.48 bits per heavy atom. The molecule has 0 fully saturated rings. The zero-order valence-corrected chi connectivity index (χ0v) is 14.1. The number of hydrogen-bond acceptors (Lipinski definition) is 3. The molecule has 0 aliphatic heterocycles. The van der Waals surface area contributed by atoms with E-state index >= 15 is 0 Å². The van der Waals surface area contributed by atoms with Gasteiger partial charge in [0.2, 0.25) is 0 Å². The molecule has 0 radical (unpaired) electrons. The number of rotatable bonds is 8. The van der Waals surface area contributed by atoms with Crippen molar-refractivity contribution in [3.63, 3.8) is 0 Å². The van der Waals surface area contributed by atoms with Gasteiger partial charge in [-0.1, -0.05) is 24.9 Å². The van der Waals surface area contributed by atoms with Gasteiger partial charge in [0.05, 0.1) is 5.56 Å². The van der Waals surface area contributed by atoms with Crippen molar-refractivity contribution in [2.45, 2.75) is 32.6 Å². The van der Waals surface area contributed by atoms with Crippen LogP contribution in [0.1, 0.15) is 43.0 Å². The number of aliphatic carboxylic acids is 1. The van der Waals surface area contributed by atoms with Crippen LogP contribution in [0.15, 0.2) is 16.7 Å². The van der Waals surface area contributed by atoms with Crippen molar-refractivity contribution in [2.75, 3.05) is 6.54 Å². The topological polar surface area (TPSA) is 79.3 Å². The van der Waals surface area contributed by atoms with Crippen LogP contribution < -0.4 is 5.32 Å². The van der Waals surface area contributed by atoms with E-state index in [1.165, 1.54) is 6.20 Å². The number of hydrogen-bond donors (Lipinski definition) is 2. The van der Waals surface area contributed by atoms with Crippen LogP contribution in [0.3, 0.4) is 0 Å². The highest BCUT2D eigenvalue weighted by molar-refractivity contribution is 9.10. The fourth-order valence-electron chi connectivity index (χ4n) is 1.95. The van der Waals surface area contributed by atoms with E-state index < -0.39 is 5.97 Å². The molecule has 21 heavy (non-hydrogen) atoms. The first kappa shape index (κ1) is 17.9. The lowest BCUT2D eigenvalue weighted by Crippen LogP contribution is -2.26. The summed E-state index contributed by atoms with van der Waals surface area (Å²) >= 11 is 9.13. The Balaban J connectivity index is 2.45. The fraction of sp³-hybridized carbons (Fsp3) is 0.500.